The van der Waals surface area contributed by atoms with Crippen LogP contribution in [0.25, 0.3) is 6.08 Å². The minimum absolute atomic E-state index is 0.0196. The van der Waals surface area contributed by atoms with Crippen LogP contribution in [-0.2, 0) is 16.0 Å². The van der Waals surface area contributed by atoms with E-state index in [1.165, 1.54) is 0 Å². The Kier molecular flexibility index (Phi) is 5.41. The zero-order chi connectivity index (χ0) is 20.5. The molecule has 0 radical (unpaired) electrons. The van der Waals surface area contributed by atoms with Gasteiger partial charge in [-0.1, -0.05) is 37.6 Å². The monoisotopic (exact) mass is 414 g/mol. The van der Waals surface area contributed by atoms with Crippen LogP contribution in [0.4, 0.5) is 0 Å². The number of rotatable bonds is 5. The number of benzene rings is 2. The first-order chi connectivity index (χ1) is 14.0. The van der Waals surface area contributed by atoms with Crippen molar-refractivity contribution >= 4 is 23.6 Å². The summed E-state index contributed by atoms with van der Waals surface area (Å²) in [6.07, 6.45) is 2.46. The third-order valence-electron chi connectivity index (χ3n) is 5.37. The number of methoxy groups -OCH3 is 1. The van der Waals surface area contributed by atoms with Gasteiger partial charge in [-0.2, -0.15) is 0 Å². The van der Waals surface area contributed by atoms with Gasteiger partial charge in [0.1, 0.15) is 11.5 Å². The molecule has 2 aromatic rings. The summed E-state index contributed by atoms with van der Waals surface area (Å²) in [6, 6.07) is 11.4. The van der Waals surface area contributed by atoms with Crippen LogP contribution in [0.1, 0.15) is 25.0 Å². The molecule has 5 nitrogen and oxygen atoms in total. The van der Waals surface area contributed by atoms with Crippen LogP contribution in [-0.4, -0.2) is 19.9 Å². The molecular weight excluding hydrogens is 392 g/mol. The summed E-state index contributed by atoms with van der Waals surface area (Å²) in [4.78, 5) is 12.7. The van der Waals surface area contributed by atoms with Crippen molar-refractivity contribution in [3.8, 4) is 17.2 Å². The number of fused-ring (bicyclic) bond motifs is 1. The van der Waals surface area contributed by atoms with E-state index >= 15 is 0 Å². The van der Waals surface area contributed by atoms with Crippen molar-refractivity contribution in [3.05, 3.63) is 58.3 Å². The number of hydrogen-bond donors (Lipinski definition) is 0. The lowest BCUT2D eigenvalue weighted by Crippen LogP contribution is -2.22. The highest BCUT2D eigenvalue weighted by atomic mass is 35.5. The van der Waals surface area contributed by atoms with Crippen molar-refractivity contribution in [2.24, 2.45) is 17.8 Å². The van der Waals surface area contributed by atoms with Crippen molar-refractivity contribution in [1.29, 1.82) is 0 Å². The largest absolute Gasteiger partial charge is 0.497 e. The summed E-state index contributed by atoms with van der Waals surface area (Å²) < 4.78 is 21.7. The minimum Gasteiger partial charge on any atom is -0.497 e. The van der Waals surface area contributed by atoms with E-state index < -0.39 is 0 Å². The van der Waals surface area contributed by atoms with Crippen LogP contribution in [0.5, 0.6) is 17.2 Å². The number of cyclic esters (lactones) is 1. The second kappa shape index (κ2) is 7.99. The number of hydrogen-bond acceptors (Lipinski definition) is 5. The zero-order valence-corrected chi connectivity index (χ0v) is 17.4. The molecule has 0 aromatic heterocycles. The normalized spacial score (nSPS) is 21.7. The lowest BCUT2D eigenvalue weighted by atomic mass is 9.80. The molecule has 0 bridgehead atoms. The van der Waals surface area contributed by atoms with Gasteiger partial charge in [-0.05, 0) is 53.8 Å². The molecule has 2 aromatic carbocycles. The Morgan fingerprint density at radius 2 is 1.97 bits per heavy atom. The van der Waals surface area contributed by atoms with Gasteiger partial charge < -0.3 is 18.9 Å². The number of ether oxygens (including phenoxy) is 4. The molecule has 1 saturated heterocycles. The molecule has 2 heterocycles. The van der Waals surface area contributed by atoms with Gasteiger partial charge in [0.2, 0.25) is 6.79 Å². The summed E-state index contributed by atoms with van der Waals surface area (Å²) in [6.45, 7) is 4.37. The second-order valence-electron chi connectivity index (χ2n) is 7.63. The van der Waals surface area contributed by atoms with E-state index in [-0.39, 0.29) is 30.5 Å². The van der Waals surface area contributed by atoms with Gasteiger partial charge in [0.15, 0.2) is 11.5 Å². The molecule has 0 amide bonds. The molecule has 29 heavy (non-hydrogen) atoms. The molecule has 2 aliphatic rings. The van der Waals surface area contributed by atoms with E-state index in [0.29, 0.717) is 28.7 Å². The zero-order valence-electron chi connectivity index (χ0n) is 16.6. The fourth-order valence-corrected chi connectivity index (χ4v) is 4.28. The number of allylic oxidation sites excluding steroid dienone is 1. The van der Waals surface area contributed by atoms with Gasteiger partial charge in [0.05, 0.1) is 18.1 Å². The molecule has 1 fully saturated rings. The molecule has 0 aliphatic carbocycles. The Labute approximate surface area is 175 Å². The number of carbonyl (C=O) groups is 1. The molecule has 4 rings (SSSR count). The third-order valence-corrected chi connectivity index (χ3v) is 5.65. The molecular formula is C23H23ClO5. The average molecular weight is 415 g/mol. The highest BCUT2D eigenvalue weighted by Gasteiger charge is 2.42. The van der Waals surface area contributed by atoms with E-state index in [9.17, 15) is 4.79 Å². The number of esters is 1. The number of halogens is 1. The predicted octanol–water partition coefficient (Wildman–Crippen LogP) is 5.11. The highest BCUT2D eigenvalue weighted by Crippen LogP contribution is 2.43. The Balaban J connectivity index is 1.61. The van der Waals surface area contributed by atoms with Crippen molar-refractivity contribution in [2.45, 2.75) is 20.3 Å². The molecule has 2 aliphatic heterocycles. The summed E-state index contributed by atoms with van der Waals surface area (Å²) in [5.74, 6) is 2.39. The topological polar surface area (TPSA) is 54.0 Å². The lowest BCUT2D eigenvalue weighted by Gasteiger charge is -2.20. The van der Waals surface area contributed by atoms with Crippen molar-refractivity contribution in [1.82, 2.24) is 0 Å². The maximum Gasteiger partial charge on any atom is 0.315 e. The van der Waals surface area contributed by atoms with Crippen molar-refractivity contribution < 1.29 is 23.7 Å². The van der Waals surface area contributed by atoms with Crippen LogP contribution >= 0.6 is 11.6 Å². The highest BCUT2D eigenvalue weighted by molar-refractivity contribution is 6.32. The SMILES string of the molecule is COc1ccc(/C=C2\OC(=O)[C@H](Cc3cc(Cl)c4c(c3)OCO4)[C@H]2C(C)C)cc1. The molecule has 152 valence electrons. The molecule has 0 unspecified atom stereocenters. The Morgan fingerprint density at radius 1 is 1.21 bits per heavy atom. The first-order valence-corrected chi connectivity index (χ1v) is 9.99. The van der Waals surface area contributed by atoms with Crippen LogP contribution in [0.15, 0.2) is 42.2 Å². The molecule has 0 N–H and O–H groups in total. The first kappa shape index (κ1) is 19.6. The van der Waals surface area contributed by atoms with E-state index in [2.05, 4.69) is 13.8 Å². The first-order valence-electron chi connectivity index (χ1n) is 9.61. The Hall–Kier alpha value is -2.66. The van der Waals surface area contributed by atoms with Gasteiger partial charge >= 0.3 is 5.97 Å². The van der Waals surface area contributed by atoms with E-state index in [1.54, 1.807) is 7.11 Å². The van der Waals surface area contributed by atoms with Crippen LogP contribution in [0.2, 0.25) is 5.02 Å². The second-order valence-corrected chi connectivity index (χ2v) is 8.04. The van der Waals surface area contributed by atoms with Crippen LogP contribution in [0, 0.1) is 17.8 Å². The van der Waals surface area contributed by atoms with Gasteiger partial charge in [0.25, 0.3) is 0 Å². The van der Waals surface area contributed by atoms with Crippen LogP contribution in [0.3, 0.4) is 0 Å². The third kappa shape index (κ3) is 3.92. The predicted molar refractivity (Wildman–Crippen MR) is 110 cm³/mol. The molecule has 6 heteroatoms. The minimum atomic E-state index is -0.282. The van der Waals surface area contributed by atoms with Crippen LogP contribution < -0.4 is 14.2 Å². The lowest BCUT2D eigenvalue weighted by molar-refractivity contribution is -0.139. The standard InChI is InChI=1S/C23H23ClO5/c1-13(2)21-17(8-15-9-18(24)22-20(11-15)27-12-28-22)23(25)29-19(21)10-14-4-6-16(26-3)7-5-14/h4-7,9-11,13,17,21H,8,12H2,1-3H3/b19-10-/t17-,21-/m1/s1. The molecule has 2 atom stereocenters. The number of carbonyl (C=O) groups excluding carboxylic acids is 1. The fourth-order valence-electron chi connectivity index (χ4n) is 3.99. The van der Waals surface area contributed by atoms with E-state index in [0.717, 1.165) is 16.9 Å². The maximum absolute atomic E-state index is 12.7. The summed E-state index contributed by atoms with van der Waals surface area (Å²) >= 11 is 6.31. The van der Waals surface area contributed by atoms with E-state index in [4.69, 9.17) is 30.5 Å². The molecule has 0 spiro atoms. The Bertz CT molecular complexity index is 948. The summed E-state index contributed by atoms with van der Waals surface area (Å²) in [5.41, 5.74) is 1.89. The van der Waals surface area contributed by atoms with Crippen molar-refractivity contribution in [2.75, 3.05) is 13.9 Å². The average Bonchev–Trinajstić information content (AvgIpc) is 3.27. The van der Waals surface area contributed by atoms with E-state index in [1.807, 2.05) is 42.5 Å². The summed E-state index contributed by atoms with van der Waals surface area (Å²) in [7, 11) is 1.63. The smallest absolute Gasteiger partial charge is 0.315 e. The van der Waals surface area contributed by atoms with Gasteiger partial charge in [-0.3, -0.25) is 4.79 Å². The molecule has 0 saturated carbocycles. The summed E-state index contributed by atoms with van der Waals surface area (Å²) in [5, 5.41) is 0.497. The van der Waals surface area contributed by atoms with Crippen molar-refractivity contribution in [3.63, 3.8) is 0 Å². The quantitative estimate of drug-likeness (QED) is 0.636. The Morgan fingerprint density at radius 3 is 2.66 bits per heavy atom. The van der Waals surface area contributed by atoms with Gasteiger partial charge in [-0.25, -0.2) is 0 Å². The maximum atomic E-state index is 12.7. The van der Waals surface area contributed by atoms with Gasteiger partial charge in [0, 0.05) is 5.92 Å². The van der Waals surface area contributed by atoms with Gasteiger partial charge in [-0.15, -0.1) is 0 Å². The fraction of sp³-hybridized carbons (Fsp3) is 0.348.